The van der Waals surface area contributed by atoms with Crippen LogP contribution >= 0.6 is 0 Å². The highest BCUT2D eigenvalue weighted by Crippen LogP contribution is 1.90. The average Bonchev–Trinajstić information content (AvgIpc) is 1.98. The molecule has 0 aromatic heterocycles. The van der Waals surface area contributed by atoms with Crippen molar-refractivity contribution >= 4 is 5.91 Å². The van der Waals surface area contributed by atoms with Gasteiger partial charge in [0.25, 0.3) is 0 Å². The van der Waals surface area contributed by atoms with Crippen LogP contribution in [0.2, 0.25) is 0 Å². The topological polar surface area (TPSA) is 41.1 Å². The van der Waals surface area contributed by atoms with E-state index in [0.29, 0.717) is 0 Å². The molecule has 0 heterocycles. The molecular weight excluding hydrogens is 128 g/mol. The first-order valence-electron chi connectivity index (χ1n) is 3.64. The van der Waals surface area contributed by atoms with Gasteiger partial charge in [-0.3, -0.25) is 4.79 Å². The molecule has 1 atom stereocenters. The zero-order valence-electron chi connectivity index (χ0n) is 6.90. The molecule has 0 spiro atoms. The molecule has 2 N–H and O–H groups in total. The van der Waals surface area contributed by atoms with Gasteiger partial charge in [0.05, 0.1) is 0 Å². The Kier molecular flexibility index (Phi) is 4.94. The van der Waals surface area contributed by atoms with Gasteiger partial charge in [0.1, 0.15) is 0 Å². The van der Waals surface area contributed by atoms with E-state index in [1.54, 1.807) is 7.05 Å². The summed E-state index contributed by atoms with van der Waals surface area (Å²) in [6.45, 7) is 5.61. The molecule has 3 nitrogen and oxygen atoms in total. The lowest BCUT2D eigenvalue weighted by atomic mass is 10.1. The quantitative estimate of drug-likeness (QED) is 0.582. The van der Waals surface area contributed by atoms with Gasteiger partial charge in [-0.25, -0.2) is 0 Å². The molecule has 1 unspecified atom stereocenters. The van der Waals surface area contributed by atoms with Crippen LogP contribution in [0.4, 0.5) is 0 Å². The first-order chi connectivity index (χ1) is 4.72. The molecule has 3 heteroatoms. The number of amides is 1. The van der Waals surface area contributed by atoms with Crippen LogP contribution in [-0.4, -0.2) is 26.0 Å². The van der Waals surface area contributed by atoms with Crippen molar-refractivity contribution in [2.75, 3.05) is 20.1 Å². The molecule has 0 aliphatic rings. The van der Waals surface area contributed by atoms with Gasteiger partial charge in [0, 0.05) is 19.5 Å². The monoisotopic (exact) mass is 144 g/mol. The largest absolute Gasteiger partial charge is 0.359 e. The predicted molar refractivity (Wildman–Crippen MR) is 41.8 cm³/mol. The number of carbonyl (C=O) groups excluding carboxylic acids is 1. The third-order valence-electron chi connectivity index (χ3n) is 1.39. The fourth-order valence-corrected chi connectivity index (χ4v) is 0.700. The van der Waals surface area contributed by atoms with Gasteiger partial charge in [-0.05, 0) is 6.54 Å². The highest BCUT2D eigenvalue weighted by Gasteiger charge is 2.08. The summed E-state index contributed by atoms with van der Waals surface area (Å²) in [6.07, 6.45) is 0. The first kappa shape index (κ1) is 9.43. The van der Waals surface area contributed by atoms with Crippen LogP contribution in [0, 0.1) is 5.92 Å². The Balaban J connectivity index is 3.41. The van der Waals surface area contributed by atoms with E-state index in [-0.39, 0.29) is 11.8 Å². The van der Waals surface area contributed by atoms with Crippen LogP contribution in [0.5, 0.6) is 0 Å². The van der Waals surface area contributed by atoms with E-state index in [2.05, 4.69) is 10.6 Å². The van der Waals surface area contributed by atoms with E-state index in [1.165, 1.54) is 0 Å². The lowest BCUT2D eigenvalue weighted by Gasteiger charge is -2.08. The average molecular weight is 144 g/mol. The Morgan fingerprint density at radius 3 is 2.60 bits per heavy atom. The standard InChI is InChI=1S/C7H16N2O/c1-4-9-5-6(2)7(10)8-3/h6,9H,4-5H2,1-3H3,(H,8,10). The molecular formula is C7H16N2O. The lowest BCUT2D eigenvalue weighted by molar-refractivity contribution is -0.123. The summed E-state index contributed by atoms with van der Waals surface area (Å²) in [5.74, 6) is 0.172. The number of hydrogen-bond donors (Lipinski definition) is 2. The fourth-order valence-electron chi connectivity index (χ4n) is 0.700. The summed E-state index contributed by atoms with van der Waals surface area (Å²) in [6, 6.07) is 0. The Labute approximate surface area is 62.2 Å². The molecule has 0 bridgehead atoms. The summed E-state index contributed by atoms with van der Waals surface area (Å²) in [7, 11) is 1.66. The van der Waals surface area contributed by atoms with Crippen LogP contribution < -0.4 is 10.6 Å². The predicted octanol–water partition coefficient (Wildman–Crippen LogP) is -0.0220. The maximum atomic E-state index is 10.9. The molecule has 60 valence electrons. The molecule has 0 fully saturated rings. The van der Waals surface area contributed by atoms with Crippen LogP contribution in [0.1, 0.15) is 13.8 Å². The third-order valence-corrected chi connectivity index (χ3v) is 1.39. The summed E-state index contributed by atoms with van der Waals surface area (Å²) >= 11 is 0. The Morgan fingerprint density at radius 2 is 2.20 bits per heavy atom. The number of nitrogens with one attached hydrogen (secondary N) is 2. The Morgan fingerprint density at radius 1 is 1.60 bits per heavy atom. The molecule has 0 rings (SSSR count). The van der Waals surface area contributed by atoms with Crippen LogP contribution in [0.25, 0.3) is 0 Å². The molecule has 0 radical (unpaired) electrons. The number of hydrogen-bond acceptors (Lipinski definition) is 2. The molecule has 0 aromatic carbocycles. The van der Waals surface area contributed by atoms with Gasteiger partial charge in [-0.1, -0.05) is 13.8 Å². The second-order valence-corrected chi connectivity index (χ2v) is 2.32. The Hall–Kier alpha value is -0.570. The van der Waals surface area contributed by atoms with Crippen molar-refractivity contribution in [3.8, 4) is 0 Å². The summed E-state index contributed by atoms with van der Waals surface area (Å²) < 4.78 is 0. The van der Waals surface area contributed by atoms with Crippen molar-refractivity contribution in [3.63, 3.8) is 0 Å². The number of carbonyl (C=O) groups is 1. The molecule has 0 aliphatic heterocycles. The van der Waals surface area contributed by atoms with Crippen molar-refractivity contribution in [1.29, 1.82) is 0 Å². The zero-order chi connectivity index (χ0) is 7.98. The van der Waals surface area contributed by atoms with E-state index in [4.69, 9.17) is 0 Å². The molecule has 1 amide bonds. The van der Waals surface area contributed by atoms with Gasteiger partial charge >= 0.3 is 0 Å². The van der Waals surface area contributed by atoms with Crippen LogP contribution in [-0.2, 0) is 4.79 Å². The Bertz CT molecular complexity index is 104. The normalized spacial score (nSPS) is 12.7. The highest BCUT2D eigenvalue weighted by molar-refractivity contribution is 5.78. The smallest absolute Gasteiger partial charge is 0.223 e. The summed E-state index contributed by atoms with van der Waals surface area (Å²) in [5.41, 5.74) is 0. The van der Waals surface area contributed by atoms with Crippen LogP contribution in [0.3, 0.4) is 0 Å². The van der Waals surface area contributed by atoms with E-state index >= 15 is 0 Å². The minimum absolute atomic E-state index is 0.0740. The summed E-state index contributed by atoms with van der Waals surface area (Å²) in [4.78, 5) is 10.9. The maximum absolute atomic E-state index is 10.9. The van der Waals surface area contributed by atoms with E-state index < -0.39 is 0 Å². The lowest BCUT2D eigenvalue weighted by Crippen LogP contribution is -2.33. The van der Waals surface area contributed by atoms with Crippen molar-refractivity contribution in [2.24, 2.45) is 5.92 Å². The van der Waals surface area contributed by atoms with Crippen molar-refractivity contribution in [1.82, 2.24) is 10.6 Å². The van der Waals surface area contributed by atoms with E-state index in [0.717, 1.165) is 13.1 Å². The van der Waals surface area contributed by atoms with Crippen molar-refractivity contribution in [3.05, 3.63) is 0 Å². The molecule has 10 heavy (non-hydrogen) atoms. The first-order valence-corrected chi connectivity index (χ1v) is 3.64. The van der Waals surface area contributed by atoms with Gasteiger partial charge in [0.15, 0.2) is 0 Å². The van der Waals surface area contributed by atoms with E-state index in [1.807, 2.05) is 13.8 Å². The molecule has 0 aromatic rings. The SMILES string of the molecule is CCNCC(C)C(=O)NC. The molecule has 0 saturated heterocycles. The van der Waals surface area contributed by atoms with Gasteiger partial charge in [0.2, 0.25) is 5.91 Å². The highest BCUT2D eigenvalue weighted by atomic mass is 16.1. The third kappa shape index (κ3) is 3.45. The molecule has 0 aliphatic carbocycles. The van der Waals surface area contributed by atoms with Crippen LogP contribution in [0.15, 0.2) is 0 Å². The van der Waals surface area contributed by atoms with E-state index in [9.17, 15) is 4.79 Å². The molecule has 0 saturated carbocycles. The van der Waals surface area contributed by atoms with Gasteiger partial charge in [-0.2, -0.15) is 0 Å². The second kappa shape index (κ2) is 5.23. The van der Waals surface area contributed by atoms with Gasteiger partial charge in [-0.15, -0.1) is 0 Å². The van der Waals surface area contributed by atoms with Crippen molar-refractivity contribution in [2.45, 2.75) is 13.8 Å². The second-order valence-electron chi connectivity index (χ2n) is 2.32. The van der Waals surface area contributed by atoms with Crippen molar-refractivity contribution < 1.29 is 4.79 Å². The fraction of sp³-hybridized carbons (Fsp3) is 0.857. The maximum Gasteiger partial charge on any atom is 0.223 e. The van der Waals surface area contributed by atoms with Gasteiger partial charge < -0.3 is 10.6 Å². The zero-order valence-corrected chi connectivity index (χ0v) is 6.90. The summed E-state index contributed by atoms with van der Waals surface area (Å²) in [5, 5.41) is 5.70. The minimum Gasteiger partial charge on any atom is -0.359 e. The number of rotatable bonds is 4. The minimum atomic E-state index is 0.0740.